The number of aliphatic imine (C=N–C) groups is 1. The molecule has 0 amide bonds. The fourth-order valence-corrected chi connectivity index (χ4v) is 2.29. The SMILES string of the molecule is NN1CN=Cc2c(N[C@@H]3O[C@H](CO)[C@@H](O)[C@H]3O)ncnc21. The molecule has 1 saturated heterocycles. The maximum atomic E-state index is 9.92. The zero-order valence-electron chi connectivity index (χ0n) is 11.0. The fourth-order valence-electron chi connectivity index (χ4n) is 2.29. The number of aliphatic hydroxyl groups is 3. The lowest BCUT2D eigenvalue weighted by atomic mass is 10.1. The molecular weight excluding hydrogens is 280 g/mol. The van der Waals surface area contributed by atoms with E-state index in [4.69, 9.17) is 15.7 Å². The van der Waals surface area contributed by atoms with Gasteiger partial charge in [0.25, 0.3) is 0 Å². The molecule has 0 saturated carbocycles. The Hall–Kier alpha value is -1.85. The molecule has 1 fully saturated rings. The Labute approximate surface area is 119 Å². The molecule has 21 heavy (non-hydrogen) atoms. The van der Waals surface area contributed by atoms with Gasteiger partial charge in [0.1, 0.15) is 37.1 Å². The van der Waals surface area contributed by atoms with E-state index in [1.807, 2.05) is 0 Å². The van der Waals surface area contributed by atoms with Crippen molar-refractivity contribution in [1.82, 2.24) is 9.97 Å². The van der Waals surface area contributed by atoms with Crippen LogP contribution in [0, 0.1) is 0 Å². The third-order valence-corrected chi connectivity index (χ3v) is 3.41. The van der Waals surface area contributed by atoms with Crippen LogP contribution in [-0.4, -0.2) is 69.3 Å². The van der Waals surface area contributed by atoms with E-state index in [2.05, 4.69) is 20.3 Å². The number of rotatable bonds is 3. The zero-order valence-corrected chi connectivity index (χ0v) is 11.0. The van der Waals surface area contributed by atoms with Crippen LogP contribution in [0.2, 0.25) is 0 Å². The maximum absolute atomic E-state index is 9.92. The molecule has 114 valence electrons. The van der Waals surface area contributed by atoms with E-state index in [1.165, 1.54) is 11.3 Å². The van der Waals surface area contributed by atoms with Crippen LogP contribution >= 0.6 is 0 Å². The van der Waals surface area contributed by atoms with Crippen molar-refractivity contribution in [3.05, 3.63) is 11.9 Å². The smallest absolute Gasteiger partial charge is 0.158 e. The molecule has 0 spiro atoms. The monoisotopic (exact) mass is 296 g/mol. The quantitative estimate of drug-likeness (QED) is 0.378. The van der Waals surface area contributed by atoms with Gasteiger partial charge in [-0.15, -0.1) is 0 Å². The van der Waals surface area contributed by atoms with Crippen LogP contribution in [0.4, 0.5) is 11.6 Å². The lowest BCUT2D eigenvalue weighted by Gasteiger charge is -2.24. The molecule has 0 radical (unpaired) electrons. The molecule has 10 heteroatoms. The zero-order chi connectivity index (χ0) is 15.0. The molecule has 2 aliphatic heterocycles. The van der Waals surface area contributed by atoms with Crippen molar-refractivity contribution in [1.29, 1.82) is 0 Å². The van der Waals surface area contributed by atoms with Gasteiger partial charge >= 0.3 is 0 Å². The molecular formula is C11H16N6O4. The number of nitrogens with zero attached hydrogens (tertiary/aromatic N) is 4. The Morgan fingerprint density at radius 3 is 2.90 bits per heavy atom. The standard InChI is InChI=1S/C11H16N6O4/c12-17-4-13-1-5-9(14-3-15-10(5)17)16-11-8(20)7(19)6(2-18)21-11/h1,3,6-8,11,18-20H,2,4,12H2,(H,14,15,16)/t6-,7-,8-,11-/m1/s1. The second-order valence-corrected chi connectivity index (χ2v) is 4.79. The summed E-state index contributed by atoms with van der Waals surface area (Å²) in [7, 11) is 0. The topological polar surface area (TPSA) is 149 Å². The van der Waals surface area contributed by atoms with Crippen molar-refractivity contribution < 1.29 is 20.1 Å². The first-order valence-corrected chi connectivity index (χ1v) is 6.38. The number of nitrogens with two attached hydrogens (primary N) is 1. The molecule has 1 aromatic heterocycles. The molecule has 2 aliphatic rings. The molecule has 4 atom stereocenters. The number of fused-ring (bicyclic) bond motifs is 1. The highest BCUT2D eigenvalue weighted by Gasteiger charge is 2.42. The summed E-state index contributed by atoms with van der Waals surface area (Å²) in [4.78, 5) is 12.2. The van der Waals surface area contributed by atoms with E-state index < -0.39 is 31.1 Å². The van der Waals surface area contributed by atoms with Gasteiger partial charge in [-0.1, -0.05) is 0 Å². The van der Waals surface area contributed by atoms with Crippen molar-refractivity contribution in [3.63, 3.8) is 0 Å². The summed E-state index contributed by atoms with van der Waals surface area (Å²) in [6, 6.07) is 0. The summed E-state index contributed by atoms with van der Waals surface area (Å²) in [5.74, 6) is 6.63. The summed E-state index contributed by atoms with van der Waals surface area (Å²) in [6.45, 7) is -0.104. The third kappa shape index (κ3) is 2.43. The van der Waals surface area contributed by atoms with Crippen LogP contribution in [0.5, 0.6) is 0 Å². The van der Waals surface area contributed by atoms with Crippen LogP contribution in [0.25, 0.3) is 0 Å². The number of aromatic nitrogens is 2. The van der Waals surface area contributed by atoms with Gasteiger partial charge in [-0.25, -0.2) is 15.8 Å². The Kier molecular flexibility index (Phi) is 3.69. The van der Waals surface area contributed by atoms with E-state index >= 15 is 0 Å². The molecule has 1 aromatic rings. The van der Waals surface area contributed by atoms with Gasteiger partial charge < -0.3 is 25.4 Å². The lowest BCUT2D eigenvalue weighted by molar-refractivity contribution is -0.0154. The molecule has 6 N–H and O–H groups in total. The van der Waals surface area contributed by atoms with E-state index in [-0.39, 0.29) is 6.67 Å². The van der Waals surface area contributed by atoms with Crippen molar-refractivity contribution in [2.45, 2.75) is 24.5 Å². The first-order valence-electron chi connectivity index (χ1n) is 6.38. The average molecular weight is 296 g/mol. The van der Waals surface area contributed by atoms with E-state index in [1.54, 1.807) is 6.21 Å². The Morgan fingerprint density at radius 1 is 1.38 bits per heavy atom. The predicted octanol–water partition coefficient (Wildman–Crippen LogP) is -2.60. The number of hydrazine groups is 1. The number of anilines is 2. The third-order valence-electron chi connectivity index (χ3n) is 3.41. The van der Waals surface area contributed by atoms with Crippen LogP contribution in [0.15, 0.2) is 11.3 Å². The summed E-state index contributed by atoms with van der Waals surface area (Å²) >= 11 is 0. The molecule has 0 aliphatic carbocycles. The van der Waals surface area contributed by atoms with Gasteiger partial charge in [-0.05, 0) is 0 Å². The van der Waals surface area contributed by atoms with Crippen LogP contribution in [0.1, 0.15) is 5.56 Å². The van der Waals surface area contributed by atoms with Crippen LogP contribution in [-0.2, 0) is 4.74 Å². The number of ether oxygens (including phenoxy) is 1. The Morgan fingerprint density at radius 2 is 2.19 bits per heavy atom. The minimum absolute atomic E-state index is 0.289. The molecule has 3 rings (SSSR count). The van der Waals surface area contributed by atoms with E-state index in [9.17, 15) is 10.2 Å². The number of nitrogens with one attached hydrogen (secondary N) is 1. The van der Waals surface area contributed by atoms with Gasteiger partial charge in [-0.2, -0.15) is 0 Å². The largest absolute Gasteiger partial charge is 0.394 e. The summed E-state index contributed by atoms with van der Waals surface area (Å²) in [6.07, 6.45) is -1.23. The normalized spacial score (nSPS) is 31.3. The number of hydrogen-bond donors (Lipinski definition) is 5. The van der Waals surface area contributed by atoms with E-state index in [0.29, 0.717) is 17.2 Å². The minimum Gasteiger partial charge on any atom is -0.394 e. The van der Waals surface area contributed by atoms with E-state index in [0.717, 1.165) is 0 Å². The van der Waals surface area contributed by atoms with Crippen molar-refractivity contribution in [3.8, 4) is 0 Å². The fraction of sp³-hybridized carbons (Fsp3) is 0.545. The van der Waals surface area contributed by atoms with Crippen LogP contribution < -0.4 is 16.2 Å². The maximum Gasteiger partial charge on any atom is 0.158 e. The Bertz CT molecular complexity index is 556. The second kappa shape index (κ2) is 5.50. The first kappa shape index (κ1) is 14.1. The molecule has 3 heterocycles. The van der Waals surface area contributed by atoms with Gasteiger partial charge in [0.15, 0.2) is 12.0 Å². The van der Waals surface area contributed by atoms with Crippen LogP contribution in [0.3, 0.4) is 0 Å². The number of aliphatic hydroxyl groups excluding tert-OH is 3. The van der Waals surface area contributed by atoms with Crippen molar-refractivity contribution >= 4 is 17.9 Å². The van der Waals surface area contributed by atoms with Crippen molar-refractivity contribution in [2.24, 2.45) is 10.8 Å². The number of hydrogen-bond acceptors (Lipinski definition) is 10. The Balaban J connectivity index is 1.84. The van der Waals surface area contributed by atoms with Gasteiger partial charge in [0.05, 0.1) is 12.2 Å². The van der Waals surface area contributed by atoms with Gasteiger partial charge in [-0.3, -0.25) is 10.0 Å². The summed E-state index contributed by atoms with van der Waals surface area (Å²) in [5.41, 5.74) is 0.559. The highest BCUT2D eigenvalue weighted by Crippen LogP contribution is 2.26. The minimum atomic E-state index is -1.19. The highest BCUT2D eigenvalue weighted by molar-refractivity contribution is 5.93. The highest BCUT2D eigenvalue weighted by atomic mass is 16.6. The first-order chi connectivity index (χ1) is 10.1. The summed E-state index contributed by atoms with van der Waals surface area (Å²) in [5, 5.41) is 32.9. The lowest BCUT2D eigenvalue weighted by Crippen LogP contribution is -2.38. The predicted molar refractivity (Wildman–Crippen MR) is 72.5 cm³/mol. The average Bonchev–Trinajstić information content (AvgIpc) is 2.76. The van der Waals surface area contributed by atoms with Crippen molar-refractivity contribution in [2.75, 3.05) is 23.6 Å². The van der Waals surface area contributed by atoms with Gasteiger partial charge in [0, 0.05) is 6.21 Å². The summed E-state index contributed by atoms with van der Waals surface area (Å²) < 4.78 is 5.35. The second-order valence-electron chi connectivity index (χ2n) is 4.79. The molecule has 0 unspecified atom stereocenters. The molecule has 10 nitrogen and oxygen atoms in total. The molecule has 0 aromatic carbocycles. The van der Waals surface area contributed by atoms with Gasteiger partial charge in [0.2, 0.25) is 0 Å². The molecule has 0 bridgehead atoms.